The van der Waals surface area contributed by atoms with Gasteiger partial charge >= 0.3 is 0 Å². The summed E-state index contributed by atoms with van der Waals surface area (Å²) in [7, 11) is 6.09. The van der Waals surface area contributed by atoms with Gasteiger partial charge in [0.1, 0.15) is 0 Å². The summed E-state index contributed by atoms with van der Waals surface area (Å²) in [5.41, 5.74) is 2.66. The van der Waals surface area contributed by atoms with Crippen LogP contribution in [0.1, 0.15) is 37.8 Å². The van der Waals surface area contributed by atoms with E-state index in [1.54, 1.807) is 0 Å². The van der Waals surface area contributed by atoms with Crippen LogP contribution >= 0.6 is 24.0 Å². The first kappa shape index (κ1) is 22.2. The van der Waals surface area contributed by atoms with Gasteiger partial charge in [0.2, 0.25) is 0 Å². The third-order valence-corrected chi connectivity index (χ3v) is 3.85. The minimum Gasteiger partial charge on any atom is -0.352 e. The lowest BCUT2D eigenvalue weighted by Crippen LogP contribution is -2.38. The van der Waals surface area contributed by atoms with E-state index in [2.05, 4.69) is 72.3 Å². The second-order valence-electron chi connectivity index (χ2n) is 5.83. The second kappa shape index (κ2) is 12.6. The molecule has 0 fully saturated rings. The van der Waals surface area contributed by atoms with Crippen LogP contribution < -0.4 is 5.32 Å². The Kier molecular flexibility index (Phi) is 12.1. The van der Waals surface area contributed by atoms with Crippen molar-refractivity contribution in [1.29, 1.82) is 0 Å². The molecule has 0 aromatic heterocycles. The van der Waals surface area contributed by atoms with Gasteiger partial charge in [-0.25, -0.2) is 0 Å². The lowest BCUT2D eigenvalue weighted by atomic mass is 10.1. The smallest absolute Gasteiger partial charge is 0.193 e. The molecule has 0 amide bonds. The van der Waals surface area contributed by atoms with Gasteiger partial charge in [-0.15, -0.1) is 24.0 Å². The lowest BCUT2D eigenvalue weighted by Gasteiger charge is -2.22. The van der Waals surface area contributed by atoms with E-state index in [1.165, 1.54) is 24.0 Å². The maximum absolute atomic E-state index is 4.36. The Balaban J connectivity index is 0.00000484. The topological polar surface area (TPSA) is 30.9 Å². The normalized spacial score (nSPS) is 11.3. The minimum atomic E-state index is 0. The molecule has 5 heteroatoms. The summed E-state index contributed by atoms with van der Waals surface area (Å²) in [5, 5.41) is 3.45. The summed E-state index contributed by atoms with van der Waals surface area (Å²) < 4.78 is 0. The maximum Gasteiger partial charge on any atom is 0.193 e. The fourth-order valence-corrected chi connectivity index (χ4v) is 2.33. The number of guanidine groups is 1. The molecule has 0 bridgehead atoms. The summed E-state index contributed by atoms with van der Waals surface area (Å²) >= 11 is 0. The molecule has 0 aliphatic carbocycles. The lowest BCUT2D eigenvalue weighted by molar-refractivity contribution is 0.345. The van der Waals surface area contributed by atoms with Crippen molar-refractivity contribution in [3.8, 4) is 0 Å². The first-order valence-corrected chi connectivity index (χ1v) is 8.28. The second-order valence-corrected chi connectivity index (χ2v) is 5.83. The molecule has 0 radical (unpaired) electrons. The van der Waals surface area contributed by atoms with Crippen molar-refractivity contribution in [1.82, 2.24) is 15.1 Å². The highest BCUT2D eigenvalue weighted by atomic mass is 127. The standard InChI is InChI=1S/C18H32N4.HI/c1-6-8-12-22(5)18(19-3)20-14-16-10-9-11-17(13-16)15-21(4)7-2;/h9-11,13H,6-8,12,14-15H2,1-5H3,(H,19,20);1H. The van der Waals surface area contributed by atoms with Gasteiger partial charge in [0.15, 0.2) is 5.96 Å². The van der Waals surface area contributed by atoms with E-state index in [4.69, 9.17) is 0 Å². The SMILES string of the molecule is CCCCN(C)C(=NC)NCc1cccc(CN(C)CC)c1.I. The van der Waals surface area contributed by atoms with Crippen molar-refractivity contribution < 1.29 is 0 Å². The molecule has 1 rings (SSSR count). The Morgan fingerprint density at radius 1 is 1.17 bits per heavy atom. The van der Waals surface area contributed by atoms with E-state index >= 15 is 0 Å². The third-order valence-electron chi connectivity index (χ3n) is 3.85. The number of nitrogens with one attached hydrogen (secondary N) is 1. The summed E-state index contributed by atoms with van der Waals surface area (Å²) in [5.74, 6) is 0.963. The molecule has 0 spiro atoms. The van der Waals surface area contributed by atoms with Crippen LogP contribution in [0.5, 0.6) is 0 Å². The predicted octanol–water partition coefficient (Wildman–Crippen LogP) is 3.56. The quantitative estimate of drug-likeness (QED) is 0.387. The van der Waals surface area contributed by atoms with Crippen LogP contribution in [0.25, 0.3) is 0 Å². The van der Waals surface area contributed by atoms with E-state index in [0.717, 1.165) is 32.1 Å². The molecule has 1 aromatic rings. The van der Waals surface area contributed by atoms with E-state index in [-0.39, 0.29) is 24.0 Å². The van der Waals surface area contributed by atoms with Crippen molar-refractivity contribution in [2.45, 2.75) is 39.8 Å². The number of hydrogen-bond acceptors (Lipinski definition) is 2. The van der Waals surface area contributed by atoms with Gasteiger partial charge in [-0.1, -0.05) is 44.5 Å². The highest BCUT2D eigenvalue weighted by Gasteiger charge is 2.05. The van der Waals surface area contributed by atoms with E-state index in [1.807, 2.05) is 7.05 Å². The van der Waals surface area contributed by atoms with Crippen LogP contribution in [0.15, 0.2) is 29.3 Å². The van der Waals surface area contributed by atoms with Gasteiger partial charge < -0.3 is 15.1 Å². The van der Waals surface area contributed by atoms with Crippen molar-refractivity contribution in [3.05, 3.63) is 35.4 Å². The molecule has 1 aromatic carbocycles. The fourth-order valence-electron chi connectivity index (χ4n) is 2.33. The zero-order valence-corrected chi connectivity index (χ0v) is 17.6. The minimum absolute atomic E-state index is 0. The Hall–Kier alpha value is -0.820. The Labute approximate surface area is 159 Å². The number of nitrogens with zero attached hydrogens (tertiary/aromatic N) is 3. The van der Waals surface area contributed by atoms with Crippen LogP contribution in [0, 0.1) is 0 Å². The molecule has 0 unspecified atom stereocenters. The zero-order chi connectivity index (χ0) is 16.4. The van der Waals surface area contributed by atoms with E-state index in [9.17, 15) is 0 Å². The van der Waals surface area contributed by atoms with Crippen molar-refractivity contribution in [2.24, 2.45) is 4.99 Å². The van der Waals surface area contributed by atoms with Gasteiger partial charge in [-0.05, 0) is 31.1 Å². The molecule has 0 saturated carbocycles. The predicted molar refractivity (Wildman–Crippen MR) is 112 cm³/mol. The van der Waals surface area contributed by atoms with Crippen LogP contribution in [0.4, 0.5) is 0 Å². The number of hydrogen-bond donors (Lipinski definition) is 1. The average Bonchev–Trinajstić information content (AvgIpc) is 2.53. The summed E-state index contributed by atoms with van der Waals surface area (Å²) in [6.45, 7) is 8.31. The largest absolute Gasteiger partial charge is 0.352 e. The molecule has 1 N–H and O–H groups in total. The number of halogens is 1. The van der Waals surface area contributed by atoms with Crippen LogP contribution in [-0.2, 0) is 13.1 Å². The highest BCUT2D eigenvalue weighted by Crippen LogP contribution is 2.08. The third kappa shape index (κ3) is 8.55. The molecule has 0 heterocycles. The molecule has 0 aliphatic heterocycles. The first-order valence-electron chi connectivity index (χ1n) is 8.28. The molecular formula is C18H33IN4. The van der Waals surface area contributed by atoms with Gasteiger partial charge in [-0.2, -0.15) is 0 Å². The zero-order valence-electron chi connectivity index (χ0n) is 15.3. The van der Waals surface area contributed by atoms with Crippen molar-refractivity contribution in [2.75, 3.05) is 34.2 Å². The number of aliphatic imine (C=N–C) groups is 1. The highest BCUT2D eigenvalue weighted by molar-refractivity contribution is 14.0. The molecular weight excluding hydrogens is 399 g/mol. The molecule has 0 atom stereocenters. The number of benzene rings is 1. The maximum atomic E-state index is 4.36. The summed E-state index contributed by atoms with van der Waals surface area (Å²) in [4.78, 5) is 8.87. The molecule has 4 nitrogen and oxygen atoms in total. The monoisotopic (exact) mass is 432 g/mol. The number of rotatable bonds is 8. The van der Waals surface area contributed by atoms with E-state index < -0.39 is 0 Å². The average molecular weight is 432 g/mol. The molecule has 0 saturated heterocycles. The van der Waals surface area contributed by atoms with Gasteiger partial charge in [-0.3, -0.25) is 4.99 Å². The van der Waals surface area contributed by atoms with Gasteiger partial charge in [0.25, 0.3) is 0 Å². The van der Waals surface area contributed by atoms with Crippen LogP contribution in [0.3, 0.4) is 0 Å². The molecule has 23 heavy (non-hydrogen) atoms. The molecule has 132 valence electrons. The van der Waals surface area contributed by atoms with Crippen LogP contribution in [-0.4, -0.2) is 50.0 Å². The van der Waals surface area contributed by atoms with Crippen molar-refractivity contribution in [3.63, 3.8) is 0 Å². The number of unbranched alkanes of at least 4 members (excludes halogenated alkanes) is 1. The van der Waals surface area contributed by atoms with Crippen molar-refractivity contribution >= 4 is 29.9 Å². The Morgan fingerprint density at radius 2 is 1.87 bits per heavy atom. The summed E-state index contributed by atoms with van der Waals surface area (Å²) in [6.07, 6.45) is 2.39. The van der Waals surface area contributed by atoms with Crippen LogP contribution in [0.2, 0.25) is 0 Å². The first-order chi connectivity index (χ1) is 10.6. The fraction of sp³-hybridized carbons (Fsp3) is 0.611. The molecule has 0 aliphatic rings. The Morgan fingerprint density at radius 3 is 2.48 bits per heavy atom. The Bertz CT molecular complexity index is 462. The summed E-state index contributed by atoms with van der Waals surface area (Å²) in [6, 6.07) is 8.78. The van der Waals surface area contributed by atoms with Gasteiger partial charge in [0.05, 0.1) is 0 Å². The van der Waals surface area contributed by atoms with E-state index in [0.29, 0.717) is 0 Å². The van der Waals surface area contributed by atoms with Gasteiger partial charge in [0, 0.05) is 33.7 Å².